The summed E-state index contributed by atoms with van der Waals surface area (Å²) in [7, 11) is 0. The van der Waals surface area contributed by atoms with Crippen LogP contribution in [-0.2, 0) is 4.79 Å². The van der Waals surface area contributed by atoms with Crippen molar-refractivity contribution in [3.8, 4) is 5.75 Å². The van der Waals surface area contributed by atoms with Crippen molar-refractivity contribution in [3.63, 3.8) is 0 Å². The minimum Gasteiger partial charge on any atom is -0.482 e. The summed E-state index contributed by atoms with van der Waals surface area (Å²) in [4.78, 5) is 21.7. The number of amides is 1. The van der Waals surface area contributed by atoms with Crippen molar-refractivity contribution < 1.29 is 14.5 Å². The van der Waals surface area contributed by atoms with E-state index in [1.54, 1.807) is 0 Å². The lowest BCUT2D eigenvalue weighted by Gasteiger charge is -2.13. The number of rotatable bonds is 6. The molecule has 0 radical (unpaired) electrons. The van der Waals surface area contributed by atoms with E-state index in [0.717, 1.165) is 12.8 Å². The molecule has 1 atom stereocenters. The van der Waals surface area contributed by atoms with Crippen molar-refractivity contribution in [1.82, 2.24) is 5.32 Å². The largest absolute Gasteiger partial charge is 0.482 e. The first-order valence-corrected chi connectivity index (χ1v) is 6.71. The van der Waals surface area contributed by atoms with Gasteiger partial charge in [-0.15, -0.1) is 0 Å². The summed E-state index contributed by atoms with van der Waals surface area (Å²) in [6.07, 6.45) is 2.30. The number of non-ortho nitro benzene ring substituents is 1. The van der Waals surface area contributed by atoms with Crippen LogP contribution < -0.4 is 10.1 Å². The number of hydrogen-bond acceptors (Lipinski definition) is 4. The quantitative estimate of drug-likeness (QED) is 0.646. The van der Waals surface area contributed by atoms with Crippen LogP contribution >= 0.6 is 11.6 Å². The van der Waals surface area contributed by atoms with E-state index < -0.39 is 4.92 Å². The number of hydrogen-bond donors (Lipinski definition) is 1. The molecule has 0 aliphatic heterocycles. The predicted octanol–water partition coefficient (Wildman–Crippen LogP) is 2.54. The summed E-state index contributed by atoms with van der Waals surface area (Å²) >= 11 is 5.86. The molecule has 1 aromatic rings. The topological polar surface area (TPSA) is 81.5 Å². The molecule has 0 bridgehead atoms. The van der Waals surface area contributed by atoms with Gasteiger partial charge in [-0.2, -0.15) is 0 Å². The molecule has 0 aromatic heterocycles. The summed E-state index contributed by atoms with van der Waals surface area (Å²) < 4.78 is 5.27. The molecule has 1 N–H and O–H groups in total. The van der Waals surface area contributed by atoms with Crippen molar-refractivity contribution in [1.29, 1.82) is 0 Å². The monoisotopic (exact) mass is 298 g/mol. The zero-order chi connectivity index (χ0) is 14.7. The van der Waals surface area contributed by atoms with Crippen molar-refractivity contribution in [3.05, 3.63) is 33.3 Å². The Labute approximate surface area is 121 Å². The second-order valence-corrected chi connectivity index (χ2v) is 5.26. The Morgan fingerprint density at radius 1 is 1.60 bits per heavy atom. The average molecular weight is 299 g/mol. The number of carbonyl (C=O) groups excluding carboxylic acids is 1. The zero-order valence-electron chi connectivity index (χ0n) is 11.0. The normalized spacial score (nSPS) is 15.5. The molecule has 0 spiro atoms. The Hall–Kier alpha value is -1.82. The predicted molar refractivity (Wildman–Crippen MR) is 73.9 cm³/mol. The van der Waals surface area contributed by atoms with Gasteiger partial charge < -0.3 is 10.1 Å². The van der Waals surface area contributed by atoms with Crippen LogP contribution in [0, 0.1) is 16.0 Å². The van der Waals surface area contributed by atoms with E-state index in [1.165, 1.54) is 18.2 Å². The van der Waals surface area contributed by atoms with Crippen LogP contribution in [0.2, 0.25) is 5.02 Å². The second kappa shape index (κ2) is 6.09. The summed E-state index contributed by atoms with van der Waals surface area (Å²) in [5.41, 5.74) is -0.117. The lowest BCUT2D eigenvalue weighted by Crippen LogP contribution is -2.37. The summed E-state index contributed by atoms with van der Waals surface area (Å²) in [5, 5.41) is 13.5. The van der Waals surface area contributed by atoms with Gasteiger partial charge in [0, 0.05) is 18.2 Å². The fourth-order valence-corrected chi connectivity index (χ4v) is 2.10. The van der Waals surface area contributed by atoms with E-state index in [0.29, 0.717) is 5.92 Å². The highest BCUT2D eigenvalue weighted by Crippen LogP contribution is 2.32. The third kappa shape index (κ3) is 3.84. The number of ether oxygens (including phenoxy) is 1. The van der Waals surface area contributed by atoms with Crippen LogP contribution in [0.3, 0.4) is 0 Å². The van der Waals surface area contributed by atoms with Crippen molar-refractivity contribution in [2.24, 2.45) is 5.92 Å². The van der Waals surface area contributed by atoms with Gasteiger partial charge in [0.15, 0.2) is 6.61 Å². The van der Waals surface area contributed by atoms with Gasteiger partial charge in [0.05, 0.1) is 9.95 Å². The lowest BCUT2D eigenvalue weighted by molar-refractivity contribution is -0.384. The molecule has 2 rings (SSSR count). The number of carbonyl (C=O) groups is 1. The number of nitro benzene ring substituents is 1. The Morgan fingerprint density at radius 2 is 2.30 bits per heavy atom. The summed E-state index contributed by atoms with van der Waals surface area (Å²) in [5.74, 6) is 0.604. The Balaban J connectivity index is 1.86. The molecule has 6 nitrogen and oxygen atoms in total. The number of nitrogens with one attached hydrogen (secondary N) is 1. The van der Waals surface area contributed by atoms with Crippen LogP contribution in [0.1, 0.15) is 19.8 Å². The van der Waals surface area contributed by atoms with Gasteiger partial charge in [0.2, 0.25) is 0 Å². The fourth-order valence-electron chi connectivity index (χ4n) is 1.87. The molecule has 1 aliphatic carbocycles. The van der Waals surface area contributed by atoms with Gasteiger partial charge in [0.25, 0.3) is 11.6 Å². The molecule has 1 aromatic carbocycles. The van der Waals surface area contributed by atoms with Crippen LogP contribution in [0.5, 0.6) is 5.75 Å². The summed E-state index contributed by atoms with van der Waals surface area (Å²) in [6, 6.07) is 4.02. The first-order valence-electron chi connectivity index (χ1n) is 6.33. The molecule has 1 aliphatic rings. The van der Waals surface area contributed by atoms with Crippen LogP contribution in [-0.4, -0.2) is 23.5 Å². The highest BCUT2D eigenvalue weighted by molar-refractivity contribution is 6.32. The molecule has 0 unspecified atom stereocenters. The van der Waals surface area contributed by atoms with Crippen molar-refractivity contribution in [2.75, 3.05) is 6.61 Å². The summed E-state index contributed by atoms with van der Waals surface area (Å²) in [6.45, 7) is 1.81. The minimum atomic E-state index is -0.542. The van der Waals surface area contributed by atoms with Gasteiger partial charge in [-0.1, -0.05) is 11.6 Å². The number of benzene rings is 1. The molecule has 20 heavy (non-hydrogen) atoms. The number of halogens is 1. The highest BCUT2D eigenvalue weighted by atomic mass is 35.5. The zero-order valence-corrected chi connectivity index (χ0v) is 11.7. The van der Waals surface area contributed by atoms with Gasteiger partial charge >= 0.3 is 0 Å². The SMILES string of the molecule is C[C@@H](NC(=O)COc1ccc([N+](=O)[O-])cc1Cl)C1CC1. The second-order valence-electron chi connectivity index (χ2n) is 4.85. The Bertz CT molecular complexity index is 531. The van der Waals surface area contributed by atoms with Crippen LogP contribution in [0.25, 0.3) is 0 Å². The molecule has 1 amide bonds. The first kappa shape index (κ1) is 14.6. The number of nitro groups is 1. The molecule has 0 heterocycles. The highest BCUT2D eigenvalue weighted by Gasteiger charge is 2.28. The molecule has 1 saturated carbocycles. The van der Waals surface area contributed by atoms with Gasteiger partial charge in [-0.05, 0) is 31.7 Å². The van der Waals surface area contributed by atoms with E-state index in [2.05, 4.69) is 5.32 Å². The third-order valence-electron chi connectivity index (χ3n) is 3.20. The molecule has 7 heteroatoms. The molecule has 0 saturated heterocycles. The van der Waals surface area contributed by atoms with Crippen molar-refractivity contribution >= 4 is 23.2 Å². The van der Waals surface area contributed by atoms with Gasteiger partial charge in [-0.3, -0.25) is 14.9 Å². The minimum absolute atomic E-state index is 0.113. The van der Waals surface area contributed by atoms with E-state index in [4.69, 9.17) is 16.3 Å². The third-order valence-corrected chi connectivity index (χ3v) is 3.50. The maximum absolute atomic E-state index is 11.7. The smallest absolute Gasteiger partial charge is 0.271 e. The standard InChI is InChI=1S/C13H15ClN2O4/c1-8(9-2-3-9)15-13(17)7-20-12-5-4-10(16(18)19)6-11(12)14/h4-6,8-9H,2-3,7H2,1H3,(H,15,17)/t8-/m1/s1. The maximum atomic E-state index is 11.7. The fraction of sp³-hybridized carbons (Fsp3) is 0.462. The molecular weight excluding hydrogens is 284 g/mol. The maximum Gasteiger partial charge on any atom is 0.271 e. The molecular formula is C13H15ClN2O4. The lowest BCUT2D eigenvalue weighted by atomic mass is 10.2. The molecule has 1 fully saturated rings. The van der Waals surface area contributed by atoms with Gasteiger partial charge in [0.1, 0.15) is 5.75 Å². The van der Waals surface area contributed by atoms with E-state index in [1.807, 2.05) is 6.92 Å². The molecule has 108 valence electrons. The van der Waals surface area contributed by atoms with Crippen LogP contribution in [0.15, 0.2) is 18.2 Å². The van der Waals surface area contributed by atoms with E-state index in [-0.39, 0.29) is 35.0 Å². The average Bonchev–Trinajstić information content (AvgIpc) is 3.21. The van der Waals surface area contributed by atoms with E-state index >= 15 is 0 Å². The number of nitrogens with zero attached hydrogens (tertiary/aromatic N) is 1. The first-order chi connectivity index (χ1) is 9.47. The van der Waals surface area contributed by atoms with Crippen LogP contribution in [0.4, 0.5) is 5.69 Å². The van der Waals surface area contributed by atoms with Gasteiger partial charge in [-0.25, -0.2) is 0 Å². The Kier molecular flexibility index (Phi) is 4.44. The van der Waals surface area contributed by atoms with E-state index in [9.17, 15) is 14.9 Å². The Morgan fingerprint density at radius 3 is 2.85 bits per heavy atom. The van der Waals surface area contributed by atoms with Crippen molar-refractivity contribution in [2.45, 2.75) is 25.8 Å².